The zero-order chi connectivity index (χ0) is 14.8. The van der Waals surface area contributed by atoms with Crippen LogP contribution in [0.4, 0.5) is 13.2 Å². The molecule has 0 amide bonds. The van der Waals surface area contributed by atoms with Gasteiger partial charge in [0.1, 0.15) is 0 Å². The normalized spacial score (nSPS) is 11.9. The van der Waals surface area contributed by atoms with Crippen LogP contribution >= 0.6 is 11.3 Å². The van der Waals surface area contributed by atoms with Crippen LogP contribution in [0.3, 0.4) is 0 Å². The molecule has 0 atom stereocenters. The highest BCUT2D eigenvalue weighted by Crippen LogP contribution is 2.32. The van der Waals surface area contributed by atoms with Crippen molar-refractivity contribution in [2.75, 3.05) is 0 Å². The van der Waals surface area contributed by atoms with Gasteiger partial charge in [-0.1, -0.05) is 0 Å². The van der Waals surface area contributed by atoms with Gasteiger partial charge in [-0.05, 0) is 24.3 Å². The average Bonchev–Trinajstić information content (AvgIpc) is 2.85. The van der Waals surface area contributed by atoms with Gasteiger partial charge < -0.3 is 5.11 Å². The summed E-state index contributed by atoms with van der Waals surface area (Å²) < 4.78 is 37.1. The predicted octanol–water partition coefficient (Wildman–Crippen LogP) is 3.43. The molecule has 0 fully saturated rings. The van der Waals surface area contributed by atoms with Crippen LogP contribution in [0.5, 0.6) is 0 Å². The lowest BCUT2D eigenvalue weighted by atomic mass is 10.2. The third-order valence-electron chi connectivity index (χ3n) is 2.21. The van der Waals surface area contributed by atoms with Crippen molar-refractivity contribution in [3.8, 4) is 0 Å². The molecule has 2 aromatic rings. The number of hydrogen-bond donors (Lipinski definition) is 1. The van der Waals surface area contributed by atoms with Crippen LogP contribution in [0.15, 0.2) is 24.5 Å². The first-order valence-corrected chi connectivity index (χ1v) is 6.08. The largest absolute Gasteiger partial charge is 0.478 e. The third-order valence-corrected chi connectivity index (χ3v) is 3.22. The van der Waals surface area contributed by atoms with Crippen molar-refractivity contribution in [3.05, 3.63) is 45.7 Å². The molecule has 0 spiro atoms. The van der Waals surface area contributed by atoms with Crippen molar-refractivity contribution in [2.45, 2.75) is 6.18 Å². The van der Waals surface area contributed by atoms with E-state index >= 15 is 0 Å². The van der Waals surface area contributed by atoms with Crippen LogP contribution in [-0.2, 0) is 6.18 Å². The maximum absolute atomic E-state index is 12.4. The Labute approximate surface area is 115 Å². The van der Waals surface area contributed by atoms with Gasteiger partial charge in [0, 0.05) is 17.3 Å². The summed E-state index contributed by atoms with van der Waals surface area (Å²) in [7, 11) is 0. The Morgan fingerprint density at radius 2 is 2.05 bits per heavy atom. The molecule has 0 unspecified atom stereocenters. The summed E-state index contributed by atoms with van der Waals surface area (Å²) in [5.74, 6) is -1.10. The molecule has 4 nitrogen and oxygen atoms in total. The first kappa shape index (κ1) is 14.2. The third kappa shape index (κ3) is 3.41. The van der Waals surface area contributed by atoms with E-state index < -0.39 is 17.2 Å². The summed E-state index contributed by atoms with van der Waals surface area (Å²) in [4.78, 5) is 18.2. The number of carboxylic acids is 1. The van der Waals surface area contributed by atoms with E-state index in [0.29, 0.717) is 21.9 Å². The molecule has 0 bridgehead atoms. The summed E-state index contributed by atoms with van der Waals surface area (Å²) in [6, 6.07) is 2.65. The Kier molecular flexibility index (Phi) is 3.84. The number of rotatable bonds is 3. The summed E-state index contributed by atoms with van der Waals surface area (Å²) in [5.41, 5.74) is 0.395. The van der Waals surface area contributed by atoms with Crippen LogP contribution in [0.2, 0.25) is 0 Å². The van der Waals surface area contributed by atoms with Gasteiger partial charge in [0.25, 0.3) is 0 Å². The van der Waals surface area contributed by atoms with Crippen molar-refractivity contribution in [3.63, 3.8) is 0 Å². The Hall–Kier alpha value is -2.22. The second kappa shape index (κ2) is 5.41. The highest BCUT2D eigenvalue weighted by molar-refractivity contribution is 7.12. The van der Waals surface area contributed by atoms with Crippen molar-refractivity contribution in [2.24, 2.45) is 0 Å². The molecule has 0 aromatic carbocycles. The number of halogens is 3. The number of aromatic nitrogens is 2. The van der Waals surface area contributed by atoms with Gasteiger partial charge in [0.05, 0.1) is 11.3 Å². The van der Waals surface area contributed by atoms with E-state index in [9.17, 15) is 18.0 Å². The van der Waals surface area contributed by atoms with Crippen LogP contribution in [0.1, 0.15) is 25.9 Å². The van der Waals surface area contributed by atoms with Gasteiger partial charge in [-0.25, -0.2) is 9.78 Å². The lowest BCUT2D eigenvalue weighted by Crippen LogP contribution is -2.02. The number of thiazole rings is 1. The van der Waals surface area contributed by atoms with Crippen LogP contribution < -0.4 is 0 Å². The second-order valence-corrected chi connectivity index (χ2v) is 4.74. The maximum atomic E-state index is 12.4. The van der Waals surface area contributed by atoms with Crippen LogP contribution in [-0.4, -0.2) is 21.0 Å². The van der Waals surface area contributed by atoms with Crippen LogP contribution in [0, 0.1) is 0 Å². The number of carbonyl (C=O) groups is 1. The van der Waals surface area contributed by atoms with Gasteiger partial charge in [-0.15, -0.1) is 11.3 Å². The number of alkyl halides is 3. The topological polar surface area (TPSA) is 63.1 Å². The van der Waals surface area contributed by atoms with Crippen molar-refractivity contribution in [1.82, 2.24) is 9.97 Å². The Balaban J connectivity index is 2.19. The monoisotopic (exact) mass is 300 g/mol. The molecule has 2 rings (SSSR count). The standard InChI is InChI=1S/C12H7F3N2O2S/c13-12(14,15)11-17-6-9(20-11)2-1-8-5-7(10(18)19)3-4-16-8/h1-6H,(H,18,19)/b2-1+. The average molecular weight is 300 g/mol. The number of aromatic carboxylic acids is 1. The number of pyridine rings is 1. The summed E-state index contributed by atoms with van der Waals surface area (Å²) in [6.07, 6.45) is 0.793. The van der Waals surface area contributed by atoms with Gasteiger partial charge in [-0.3, -0.25) is 4.98 Å². The first-order chi connectivity index (χ1) is 9.36. The van der Waals surface area contributed by atoms with Gasteiger partial charge in [0.15, 0.2) is 5.01 Å². The smallest absolute Gasteiger partial charge is 0.443 e. The fourth-order valence-corrected chi connectivity index (χ4v) is 2.02. The molecular formula is C12H7F3N2O2S. The fraction of sp³-hybridized carbons (Fsp3) is 0.0833. The molecule has 104 valence electrons. The Morgan fingerprint density at radius 1 is 1.30 bits per heavy atom. The molecule has 20 heavy (non-hydrogen) atoms. The van der Waals surface area contributed by atoms with E-state index in [1.165, 1.54) is 30.5 Å². The molecule has 0 aliphatic rings. The van der Waals surface area contributed by atoms with E-state index in [4.69, 9.17) is 5.11 Å². The van der Waals surface area contributed by atoms with Gasteiger partial charge in [0.2, 0.25) is 0 Å². The molecule has 8 heteroatoms. The fourth-order valence-electron chi connectivity index (χ4n) is 1.33. The van der Waals surface area contributed by atoms with E-state index in [0.717, 1.165) is 6.20 Å². The zero-order valence-corrected chi connectivity index (χ0v) is 10.6. The number of carboxylic acid groups (broad SMARTS) is 1. The Morgan fingerprint density at radius 3 is 2.65 bits per heavy atom. The SMILES string of the molecule is O=C(O)c1ccnc(/C=C/c2cnc(C(F)(F)F)s2)c1. The van der Waals surface area contributed by atoms with Crippen LogP contribution in [0.25, 0.3) is 12.2 Å². The van der Waals surface area contributed by atoms with E-state index in [2.05, 4.69) is 9.97 Å². The summed E-state index contributed by atoms with van der Waals surface area (Å²) >= 11 is 0.503. The molecular weight excluding hydrogens is 293 g/mol. The maximum Gasteiger partial charge on any atom is 0.443 e. The number of hydrogen-bond acceptors (Lipinski definition) is 4. The van der Waals surface area contributed by atoms with Crippen molar-refractivity contribution >= 4 is 29.5 Å². The molecule has 1 N–H and O–H groups in total. The van der Waals surface area contributed by atoms with E-state index in [-0.39, 0.29) is 5.56 Å². The van der Waals surface area contributed by atoms with Crippen molar-refractivity contribution in [1.29, 1.82) is 0 Å². The number of nitrogens with zero attached hydrogens (tertiary/aromatic N) is 2. The predicted molar refractivity (Wildman–Crippen MR) is 67.2 cm³/mol. The lowest BCUT2D eigenvalue weighted by Gasteiger charge is -1.98. The molecule has 0 saturated heterocycles. The van der Waals surface area contributed by atoms with E-state index in [1.54, 1.807) is 0 Å². The highest BCUT2D eigenvalue weighted by atomic mass is 32.1. The highest BCUT2D eigenvalue weighted by Gasteiger charge is 2.34. The second-order valence-electron chi connectivity index (χ2n) is 3.67. The van der Waals surface area contributed by atoms with Gasteiger partial charge >= 0.3 is 12.1 Å². The summed E-state index contributed by atoms with van der Waals surface area (Å²) in [5, 5.41) is 7.88. The quantitative estimate of drug-likeness (QED) is 0.943. The summed E-state index contributed by atoms with van der Waals surface area (Å²) in [6.45, 7) is 0. The zero-order valence-electron chi connectivity index (χ0n) is 9.76. The van der Waals surface area contributed by atoms with Crippen molar-refractivity contribution < 1.29 is 23.1 Å². The molecule has 0 aliphatic heterocycles. The molecule has 2 aromatic heterocycles. The van der Waals surface area contributed by atoms with E-state index in [1.807, 2.05) is 0 Å². The Bertz CT molecular complexity index is 665. The minimum absolute atomic E-state index is 0.0555. The minimum Gasteiger partial charge on any atom is -0.478 e. The molecule has 0 radical (unpaired) electrons. The van der Waals surface area contributed by atoms with Gasteiger partial charge in [-0.2, -0.15) is 13.2 Å². The minimum atomic E-state index is -4.46. The molecule has 2 heterocycles. The first-order valence-electron chi connectivity index (χ1n) is 5.27. The molecule has 0 saturated carbocycles. The lowest BCUT2D eigenvalue weighted by molar-refractivity contribution is -0.137. The molecule has 0 aliphatic carbocycles.